The van der Waals surface area contributed by atoms with Crippen LogP contribution in [0.1, 0.15) is 0 Å². The SMILES string of the molecule is O=c1ccn2c(c1)NCN2. The van der Waals surface area contributed by atoms with Crippen molar-refractivity contribution >= 4 is 5.82 Å². The van der Waals surface area contributed by atoms with Crippen LogP contribution in [-0.2, 0) is 0 Å². The van der Waals surface area contributed by atoms with Crippen molar-refractivity contribution in [3.8, 4) is 0 Å². The highest BCUT2D eigenvalue weighted by atomic mass is 16.1. The van der Waals surface area contributed by atoms with E-state index in [0.29, 0.717) is 6.67 Å². The first kappa shape index (κ1) is 5.34. The summed E-state index contributed by atoms with van der Waals surface area (Å²) in [5.74, 6) is 0.826. The molecule has 10 heavy (non-hydrogen) atoms. The highest BCUT2D eigenvalue weighted by Gasteiger charge is 2.04. The summed E-state index contributed by atoms with van der Waals surface area (Å²) in [7, 11) is 0. The lowest BCUT2D eigenvalue weighted by atomic mass is 10.4. The molecule has 2 N–H and O–H groups in total. The van der Waals surface area contributed by atoms with Crippen LogP contribution in [0.4, 0.5) is 5.82 Å². The Labute approximate surface area is 57.5 Å². The van der Waals surface area contributed by atoms with E-state index in [4.69, 9.17) is 0 Å². The Morgan fingerprint density at radius 2 is 2.50 bits per heavy atom. The molecule has 4 heteroatoms. The van der Waals surface area contributed by atoms with Gasteiger partial charge in [0.2, 0.25) is 0 Å². The molecule has 4 nitrogen and oxygen atoms in total. The predicted octanol–water partition coefficient (Wildman–Crippen LogP) is -0.225. The Morgan fingerprint density at radius 1 is 1.60 bits per heavy atom. The molecule has 0 unspecified atom stereocenters. The smallest absolute Gasteiger partial charge is 0.183 e. The molecule has 0 spiro atoms. The second-order valence-electron chi connectivity index (χ2n) is 2.13. The number of rotatable bonds is 0. The van der Waals surface area contributed by atoms with Crippen molar-refractivity contribution in [2.75, 3.05) is 17.4 Å². The van der Waals surface area contributed by atoms with Gasteiger partial charge in [0.05, 0.1) is 0 Å². The Kier molecular flexibility index (Phi) is 0.943. The molecular formula is C6H7N3O. The summed E-state index contributed by atoms with van der Waals surface area (Å²) in [5, 5.41) is 2.99. The lowest BCUT2D eigenvalue weighted by molar-refractivity contribution is 0.952. The van der Waals surface area contributed by atoms with Crippen LogP contribution in [-0.4, -0.2) is 11.3 Å². The average molecular weight is 137 g/mol. The molecular weight excluding hydrogens is 130 g/mol. The van der Waals surface area contributed by atoms with E-state index < -0.39 is 0 Å². The summed E-state index contributed by atoms with van der Waals surface area (Å²) in [6.07, 6.45) is 1.71. The van der Waals surface area contributed by atoms with Crippen LogP contribution in [0.25, 0.3) is 0 Å². The van der Waals surface area contributed by atoms with Crippen LogP contribution in [0.2, 0.25) is 0 Å². The summed E-state index contributed by atoms with van der Waals surface area (Å²) in [6, 6.07) is 3.07. The van der Waals surface area contributed by atoms with Crippen molar-refractivity contribution in [3.05, 3.63) is 28.6 Å². The lowest BCUT2D eigenvalue weighted by Gasteiger charge is -1.98. The number of pyridine rings is 1. The van der Waals surface area contributed by atoms with Crippen LogP contribution < -0.4 is 16.2 Å². The van der Waals surface area contributed by atoms with E-state index in [1.807, 2.05) is 0 Å². The molecule has 0 bridgehead atoms. The molecule has 0 radical (unpaired) electrons. The minimum Gasteiger partial charge on any atom is -0.351 e. The molecule has 2 heterocycles. The third-order valence-corrected chi connectivity index (χ3v) is 1.45. The molecule has 0 fully saturated rings. The number of nitrogens with zero attached hydrogens (tertiary/aromatic N) is 1. The first-order valence-corrected chi connectivity index (χ1v) is 3.07. The van der Waals surface area contributed by atoms with E-state index in [-0.39, 0.29) is 5.43 Å². The predicted molar refractivity (Wildman–Crippen MR) is 38.6 cm³/mol. The summed E-state index contributed by atoms with van der Waals surface area (Å²) in [6.45, 7) is 0.684. The third-order valence-electron chi connectivity index (χ3n) is 1.45. The number of fused-ring (bicyclic) bond motifs is 1. The highest BCUT2D eigenvalue weighted by molar-refractivity contribution is 5.39. The zero-order valence-electron chi connectivity index (χ0n) is 5.29. The number of hydrogen-bond acceptors (Lipinski definition) is 3. The van der Waals surface area contributed by atoms with Crippen molar-refractivity contribution in [3.63, 3.8) is 0 Å². The zero-order chi connectivity index (χ0) is 6.97. The quantitative estimate of drug-likeness (QED) is 0.519. The third kappa shape index (κ3) is 0.655. The van der Waals surface area contributed by atoms with Gasteiger partial charge in [0, 0.05) is 18.3 Å². The van der Waals surface area contributed by atoms with Crippen LogP contribution in [0.5, 0.6) is 0 Å². The fourth-order valence-corrected chi connectivity index (χ4v) is 0.970. The van der Waals surface area contributed by atoms with Crippen molar-refractivity contribution in [1.82, 2.24) is 4.68 Å². The Balaban J connectivity index is 2.63. The molecule has 0 atom stereocenters. The highest BCUT2D eigenvalue weighted by Crippen LogP contribution is 2.04. The van der Waals surface area contributed by atoms with Crippen molar-refractivity contribution in [2.24, 2.45) is 0 Å². The summed E-state index contributed by atoms with van der Waals surface area (Å²) < 4.78 is 1.78. The minimum absolute atomic E-state index is 0.0300. The fourth-order valence-electron chi connectivity index (χ4n) is 0.970. The number of hydrogen-bond donors (Lipinski definition) is 2. The largest absolute Gasteiger partial charge is 0.351 e. The van der Waals surface area contributed by atoms with Gasteiger partial charge in [-0.2, -0.15) is 0 Å². The van der Waals surface area contributed by atoms with Crippen molar-refractivity contribution in [1.29, 1.82) is 0 Å². The molecule has 2 rings (SSSR count). The Morgan fingerprint density at radius 3 is 3.40 bits per heavy atom. The number of aromatic nitrogens is 1. The second-order valence-corrected chi connectivity index (χ2v) is 2.13. The molecule has 0 saturated heterocycles. The zero-order valence-corrected chi connectivity index (χ0v) is 5.29. The van der Waals surface area contributed by atoms with Crippen LogP contribution >= 0.6 is 0 Å². The normalized spacial score (nSPS) is 13.6. The van der Waals surface area contributed by atoms with Gasteiger partial charge < -0.3 is 10.7 Å². The first-order chi connectivity index (χ1) is 4.86. The lowest BCUT2D eigenvalue weighted by Crippen LogP contribution is -2.09. The molecule has 0 aliphatic carbocycles. The van der Waals surface area contributed by atoms with Crippen molar-refractivity contribution < 1.29 is 0 Å². The van der Waals surface area contributed by atoms with Gasteiger partial charge in [0.15, 0.2) is 5.43 Å². The van der Waals surface area contributed by atoms with Gasteiger partial charge in [0.25, 0.3) is 0 Å². The van der Waals surface area contributed by atoms with Crippen LogP contribution in [0.15, 0.2) is 23.1 Å². The van der Waals surface area contributed by atoms with E-state index in [9.17, 15) is 4.79 Å². The molecule has 0 aromatic carbocycles. The maximum atomic E-state index is 10.7. The van der Waals surface area contributed by atoms with Gasteiger partial charge in [-0.25, -0.2) is 4.68 Å². The standard InChI is InChI=1S/C6H7N3O/c10-5-1-2-9-6(3-5)7-4-8-9/h1-3,7-8H,4H2. The van der Waals surface area contributed by atoms with Crippen molar-refractivity contribution in [2.45, 2.75) is 0 Å². The molecule has 1 aliphatic rings. The van der Waals surface area contributed by atoms with Crippen LogP contribution in [0.3, 0.4) is 0 Å². The molecule has 1 aliphatic heterocycles. The van der Waals surface area contributed by atoms with Gasteiger partial charge in [0.1, 0.15) is 12.5 Å². The molecule has 0 saturated carbocycles. The average Bonchev–Trinajstić information content (AvgIpc) is 2.33. The van der Waals surface area contributed by atoms with Gasteiger partial charge in [-0.15, -0.1) is 0 Å². The fraction of sp³-hybridized carbons (Fsp3) is 0.167. The first-order valence-electron chi connectivity index (χ1n) is 3.07. The molecule has 52 valence electrons. The summed E-state index contributed by atoms with van der Waals surface area (Å²) in [5.41, 5.74) is 3.02. The summed E-state index contributed by atoms with van der Waals surface area (Å²) in [4.78, 5) is 10.7. The molecule has 0 amide bonds. The minimum atomic E-state index is 0.0300. The Hall–Kier alpha value is -1.45. The maximum absolute atomic E-state index is 10.7. The Bertz CT molecular complexity index is 304. The number of nitrogens with one attached hydrogen (secondary N) is 2. The maximum Gasteiger partial charge on any atom is 0.183 e. The van der Waals surface area contributed by atoms with Gasteiger partial charge >= 0.3 is 0 Å². The monoisotopic (exact) mass is 137 g/mol. The second kappa shape index (κ2) is 1.76. The molecule has 1 aromatic heterocycles. The van der Waals surface area contributed by atoms with E-state index in [1.54, 1.807) is 16.9 Å². The van der Waals surface area contributed by atoms with Gasteiger partial charge in [-0.1, -0.05) is 0 Å². The van der Waals surface area contributed by atoms with E-state index in [2.05, 4.69) is 10.7 Å². The van der Waals surface area contributed by atoms with Gasteiger partial charge in [-0.3, -0.25) is 4.79 Å². The van der Waals surface area contributed by atoms with Crippen LogP contribution in [0, 0.1) is 0 Å². The van der Waals surface area contributed by atoms with Gasteiger partial charge in [-0.05, 0) is 0 Å². The summed E-state index contributed by atoms with van der Waals surface area (Å²) >= 11 is 0. The number of anilines is 1. The van der Waals surface area contributed by atoms with E-state index in [0.717, 1.165) is 5.82 Å². The van der Waals surface area contributed by atoms with E-state index in [1.165, 1.54) is 6.07 Å². The molecule has 1 aromatic rings. The topological polar surface area (TPSA) is 46.1 Å². The van der Waals surface area contributed by atoms with E-state index >= 15 is 0 Å².